The third kappa shape index (κ3) is 3.36. The van der Waals surface area contributed by atoms with Gasteiger partial charge in [-0.3, -0.25) is 0 Å². The van der Waals surface area contributed by atoms with Gasteiger partial charge in [0, 0.05) is 25.0 Å². The standard InChI is InChI=1S/C15H26N2O/c1-3-15(18)13-7-10-17(12-13)11-8-14-6-4-5-9-16(14)2/h7,10,12,14-15,18H,3-6,8-9,11H2,1-2H3. The van der Waals surface area contributed by atoms with E-state index in [9.17, 15) is 5.11 Å². The molecule has 0 aromatic carbocycles. The molecule has 1 fully saturated rings. The maximum absolute atomic E-state index is 9.78. The molecule has 0 saturated carbocycles. The zero-order valence-corrected chi connectivity index (χ0v) is 11.7. The first-order chi connectivity index (χ1) is 8.70. The van der Waals surface area contributed by atoms with E-state index in [-0.39, 0.29) is 6.10 Å². The number of aryl methyl sites for hydroxylation is 1. The Morgan fingerprint density at radius 3 is 3.00 bits per heavy atom. The van der Waals surface area contributed by atoms with Crippen molar-refractivity contribution in [3.05, 3.63) is 24.0 Å². The summed E-state index contributed by atoms with van der Waals surface area (Å²) in [6, 6.07) is 2.78. The SMILES string of the molecule is CCC(O)c1ccn(CCC2CCCCN2C)c1. The number of hydrogen-bond donors (Lipinski definition) is 1. The molecule has 1 aromatic rings. The highest BCUT2D eigenvalue weighted by Crippen LogP contribution is 2.20. The van der Waals surface area contributed by atoms with Crippen LogP contribution >= 0.6 is 0 Å². The molecular weight excluding hydrogens is 224 g/mol. The zero-order valence-electron chi connectivity index (χ0n) is 11.7. The van der Waals surface area contributed by atoms with Gasteiger partial charge in [0.1, 0.15) is 0 Å². The van der Waals surface area contributed by atoms with Crippen LogP contribution in [-0.4, -0.2) is 34.2 Å². The minimum absolute atomic E-state index is 0.302. The van der Waals surface area contributed by atoms with Crippen LogP contribution in [0, 0.1) is 0 Å². The molecule has 3 nitrogen and oxygen atoms in total. The second-order valence-electron chi connectivity index (χ2n) is 5.53. The van der Waals surface area contributed by atoms with Crippen LogP contribution in [0.4, 0.5) is 0 Å². The summed E-state index contributed by atoms with van der Waals surface area (Å²) in [4.78, 5) is 2.49. The van der Waals surface area contributed by atoms with Gasteiger partial charge in [0.2, 0.25) is 0 Å². The van der Waals surface area contributed by atoms with Crippen molar-refractivity contribution in [3.8, 4) is 0 Å². The molecule has 0 aliphatic carbocycles. The summed E-state index contributed by atoms with van der Waals surface area (Å²) in [5, 5.41) is 9.78. The van der Waals surface area contributed by atoms with Crippen molar-refractivity contribution in [2.24, 2.45) is 0 Å². The minimum atomic E-state index is -0.302. The fourth-order valence-electron chi connectivity index (χ4n) is 2.84. The lowest BCUT2D eigenvalue weighted by atomic mass is 10.0. The molecule has 1 aromatic heterocycles. The molecule has 1 saturated heterocycles. The fraction of sp³-hybridized carbons (Fsp3) is 0.733. The summed E-state index contributed by atoms with van der Waals surface area (Å²) in [6.45, 7) is 4.32. The lowest BCUT2D eigenvalue weighted by Gasteiger charge is -2.32. The Morgan fingerprint density at radius 1 is 1.44 bits per heavy atom. The number of rotatable bonds is 5. The maximum Gasteiger partial charge on any atom is 0.0802 e. The van der Waals surface area contributed by atoms with E-state index in [2.05, 4.69) is 28.9 Å². The first kappa shape index (κ1) is 13.6. The predicted octanol–water partition coefficient (Wildman–Crippen LogP) is 2.81. The molecular formula is C15H26N2O. The van der Waals surface area contributed by atoms with E-state index in [1.807, 2.05) is 13.0 Å². The monoisotopic (exact) mass is 250 g/mol. The molecule has 102 valence electrons. The molecule has 18 heavy (non-hydrogen) atoms. The summed E-state index contributed by atoms with van der Waals surface area (Å²) in [5.41, 5.74) is 1.05. The Kier molecular flexibility index (Phi) is 4.84. The van der Waals surface area contributed by atoms with Crippen LogP contribution in [0.5, 0.6) is 0 Å². The van der Waals surface area contributed by atoms with Gasteiger partial charge in [-0.2, -0.15) is 0 Å². The lowest BCUT2D eigenvalue weighted by Crippen LogP contribution is -2.36. The number of aliphatic hydroxyl groups excluding tert-OH is 1. The predicted molar refractivity (Wildman–Crippen MR) is 74.6 cm³/mol. The van der Waals surface area contributed by atoms with Gasteiger partial charge in [-0.25, -0.2) is 0 Å². The van der Waals surface area contributed by atoms with E-state index in [4.69, 9.17) is 0 Å². The molecule has 1 N–H and O–H groups in total. The fourth-order valence-corrected chi connectivity index (χ4v) is 2.84. The molecule has 0 amide bonds. The Bertz CT molecular complexity index is 361. The number of nitrogens with zero attached hydrogens (tertiary/aromatic N) is 2. The van der Waals surface area contributed by atoms with Crippen molar-refractivity contribution in [3.63, 3.8) is 0 Å². The van der Waals surface area contributed by atoms with Crippen molar-refractivity contribution in [2.45, 2.75) is 57.7 Å². The molecule has 2 rings (SSSR count). The first-order valence-corrected chi connectivity index (χ1v) is 7.24. The Balaban J connectivity index is 1.84. The van der Waals surface area contributed by atoms with Gasteiger partial charge < -0.3 is 14.6 Å². The van der Waals surface area contributed by atoms with Crippen LogP contribution in [0.2, 0.25) is 0 Å². The molecule has 2 atom stereocenters. The van der Waals surface area contributed by atoms with Crippen LogP contribution in [0.1, 0.15) is 50.7 Å². The smallest absolute Gasteiger partial charge is 0.0802 e. The van der Waals surface area contributed by atoms with Crippen LogP contribution in [0.15, 0.2) is 18.5 Å². The Morgan fingerprint density at radius 2 is 2.28 bits per heavy atom. The second kappa shape index (κ2) is 6.39. The third-order valence-corrected chi connectivity index (χ3v) is 4.19. The summed E-state index contributed by atoms with van der Waals surface area (Å²) < 4.78 is 2.22. The van der Waals surface area contributed by atoms with Crippen LogP contribution in [0.3, 0.4) is 0 Å². The van der Waals surface area contributed by atoms with Crippen LogP contribution in [-0.2, 0) is 6.54 Å². The molecule has 2 heterocycles. The highest BCUT2D eigenvalue weighted by Gasteiger charge is 2.18. The summed E-state index contributed by atoms with van der Waals surface area (Å²) in [6.07, 6.45) is 9.95. The highest BCUT2D eigenvalue weighted by atomic mass is 16.3. The average molecular weight is 250 g/mol. The molecule has 2 unspecified atom stereocenters. The maximum atomic E-state index is 9.78. The van der Waals surface area contributed by atoms with Crippen molar-refractivity contribution in [1.29, 1.82) is 0 Å². The molecule has 1 aliphatic heterocycles. The van der Waals surface area contributed by atoms with E-state index in [1.165, 1.54) is 32.2 Å². The van der Waals surface area contributed by atoms with Gasteiger partial charge in [-0.15, -0.1) is 0 Å². The highest BCUT2D eigenvalue weighted by molar-refractivity contribution is 5.13. The van der Waals surface area contributed by atoms with E-state index >= 15 is 0 Å². The van der Waals surface area contributed by atoms with Gasteiger partial charge in [0.05, 0.1) is 6.10 Å². The van der Waals surface area contributed by atoms with Gasteiger partial charge in [0.25, 0.3) is 0 Å². The van der Waals surface area contributed by atoms with Crippen molar-refractivity contribution in [2.75, 3.05) is 13.6 Å². The quantitative estimate of drug-likeness (QED) is 0.870. The molecule has 0 bridgehead atoms. The number of likely N-dealkylation sites (tertiary alicyclic amines) is 1. The first-order valence-electron chi connectivity index (χ1n) is 7.24. The van der Waals surface area contributed by atoms with Gasteiger partial charge >= 0.3 is 0 Å². The number of aliphatic hydroxyl groups is 1. The van der Waals surface area contributed by atoms with E-state index < -0.39 is 0 Å². The topological polar surface area (TPSA) is 28.4 Å². The normalized spacial score (nSPS) is 23.2. The number of aromatic nitrogens is 1. The van der Waals surface area contributed by atoms with Crippen LogP contribution < -0.4 is 0 Å². The number of hydrogen-bond acceptors (Lipinski definition) is 2. The largest absolute Gasteiger partial charge is 0.388 e. The summed E-state index contributed by atoms with van der Waals surface area (Å²) >= 11 is 0. The average Bonchev–Trinajstić information content (AvgIpc) is 2.86. The molecule has 3 heteroatoms. The summed E-state index contributed by atoms with van der Waals surface area (Å²) in [7, 11) is 2.24. The lowest BCUT2D eigenvalue weighted by molar-refractivity contribution is 0.169. The molecule has 0 spiro atoms. The summed E-state index contributed by atoms with van der Waals surface area (Å²) in [5.74, 6) is 0. The van der Waals surface area contributed by atoms with Gasteiger partial charge in [-0.1, -0.05) is 13.3 Å². The molecule has 1 aliphatic rings. The Labute approximate surface area is 110 Å². The van der Waals surface area contributed by atoms with E-state index in [0.717, 1.165) is 24.6 Å². The van der Waals surface area contributed by atoms with Crippen molar-refractivity contribution in [1.82, 2.24) is 9.47 Å². The third-order valence-electron chi connectivity index (χ3n) is 4.19. The molecule has 0 radical (unpaired) electrons. The number of piperidine rings is 1. The zero-order chi connectivity index (χ0) is 13.0. The van der Waals surface area contributed by atoms with E-state index in [0.29, 0.717) is 0 Å². The van der Waals surface area contributed by atoms with Crippen molar-refractivity contribution < 1.29 is 5.11 Å². The van der Waals surface area contributed by atoms with Gasteiger partial charge in [-0.05, 0) is 50.9 Å². The van der Waals surface area contributed by atoms with Gasteiger partial charge in [0.15, 0.2) is 0 Å². The second-order valence-corrected chi connectivity index (χ2v) is 5.53. The van der Waals surface area contributed by atoms with Crippen LogP contribution in [0.25, 0.3) is 0 Å². The minimum Gasteiger partial charge on any atom is -0.388 e. The Hall–Kier alpha value is -0.800. The van der Waals surface area contributed by atoms with Crippen molar-refractivity contribution >= 4 is 0 Å². The van der Waals surface area contributed by atoms with E-state index in [1.54, 1.807) is 0 Å².